The van der Waals surface area contributed by atoms with Crippen LogP contribution in [0, 0.1) is 16.7 Å². The van der Waals surface area contributed by atoms with Crippen molar-refractivity contribution in [3.63, 3.8) is 0 Å². The standard InChI is InChI=1S/C10H15NO/c1-9(2)4-3-5-10(7-9)8(6-11)12-10/h8H,3-5,7H2,1-2H3. The van der Waals surface area contributed by atoms with Crippen molar-refractivity contribution in [2.24, 2.45) is 5.41 Å². The zero-order chi connectivity index (χ0) is 8.82. The molecule has 12 heavy (non-hydrogen) atoms. The molecule has 0 bridgehead atoms. The zero-order valence-corrected chi connectivity index (χ0v) is 7.76. The minimum Gasteiger partial charge on any atom is -0.350 e. The van der Waals surface area contributed by atoms with Crippen LogP contribution in [0.4, 0.5) is 0 Å². The second-order valence-electron chi connectivity index (χ2n) is 4.89. The maximum Gasteiger partial charge on any atom is 0.173 e. The van der Waals surface area contributed by atoms with E-state index in [1.165, 1.54) is 12.8 Å². The minimum absolute atomic E-state index is 0.0312. The van der Waals surface area contributed by atoms with Crippen molar-refractivity contribution >= 4 is 0 Å². The van der Waals surface area contributed by atoms with Crippen molar-refractivity contribution < 1.29 is 4.74 Å². The first-order valence-electron chi connectivity index (χ1n) is 4.65. The van der Waals surface area contributed by atoms with Crippen molar-refractivity contribution in [3.8, 4) is 6.07 Å². The van der Waals surface area contributed by atoms with E-state index in [2.05, 4.69) is 19.9 Å². The van der Waals surface area contributed by atoms with Gasteiger partial charge in [-0.1, -0.05) is 13.8 Å². The number of hydrogen-bond donors (Lipinski definition) is 0. The van der Waals surface area contributed by atoms with Crippen LogP contribution in [0.15, 0.2) is 0 Å². The molecule has 0 aromatic carbocycles. The van der Waals surface area contributed by atoms with Crippen LogP contribution in [0.1, 0.15) is 39.5 Å². The molecule has 2 fully saturated rings. The average molecular weight is 165 g/mol. The Labute approximate surface area is 73.5 Å². The molecule has 2 atom stereocenters. The number of hydrogen-bond acceptors (Lipinski definition) is 2. The Morgan fingerprint density at radius 2 is 2.17 bits per heavy atom. The molecule has 1 aliphatic carbocycles. The summed E-state index contributed by atoms with van der Waals surface area (Å²) in [5.74, 6) is 0. The van der Waals surface area contributed by atoms with Gasteiger partial charge in [0.2, 0.25) is 0 Å². The molecule has 2 nitrogen and oxygen atoms in total. The van der Waals surface area contributed by atoms with E-state index in [0.29, 0.717) is 5.41 Å². The van der Waals surface area contributed by atoms with Gasteiger partial charge in [-0.05, 0) is 31.1 Å². The van der Waals surface area contributed by atoms with Gasteiger partial charge >= 0.3 is 0 Å². The highest BCUT2D eigenvalue weighted by Gasteiger charge is 2.59. The van der Waals surface area contributed by atoms with Crippen LogP contribution in [-0.4, -0.2) is 11.7 Å². The molecule has 1 saturated carbocycles. The van der Waals surface area contributed by atoms with Gasteiger partial charge in [0.05, 0.1) is 6.07 Å². The fourth-order valence-corrected chi connectivity index (χ4v) is 2.52. The maximum atomic E-state index is 8.72. The maximum absolute atomic E-state index is 8.72. The second-order valence-corrected chi connectivity index (χ2v) is 4.89. The quantitative estimate of drug-likeness (QED) is 0.516. The highest BCUT2D eigenvalue weighted by atomic mass is 16.6. The third-order valence-electron chi connectivity index (χ3n) is 3.12. The van der Waals surface area contributed by atoms with Gasteiger partial charge in [0.15, 0.2) is 6.10 Å². The number of rotatable bonds is 0. The Hall–Kier alpha value is -0.550. The van der Waals surface area contributed by atoms with E-state index < -0.39 is 0 Å². The van der Waals surface area contributed by atoms with Crippen molar-refractivity contribution in [3.05, 3.63) is 0 Å². The molecular weight excluding hydrogens is 150 g/mol. The molecule has 0 amide bonds. The molecule has 1 spiro atoms. The largest absolute Gasteiger partial charge is 0.350 e. The van der Waals surface area contributed by atoms with Gasteiger partial charge in [-0.2, -0.15) is 5.26 Å². The van der Waals surface area contributed by atoms with Crippen LogP contribution in [0.5, 0.6) is 0 Å². The van der Waals surface area contributed by atoms with Crippen molar-refractivity contribution in [2.45, 2.75) is 51.2 Å². The summed E-state index contributed by atoms with van der Waals surface area (Å²) in [6.45, 7) is 4.54. The van der Waals surface area contributed by atoms with Crippen LogP contribution < -0.4 is 0 Å². The summed E-state index contributed by atoms with van der Waals surface area (Å²) in [6.07, 6.45) is 4.55. The predicted octanol–water partition coefficient (Wildman–Crippen LogP) is 2.25. The molecule has 1 heterocycles. The van der Waals surface area contributed by atoms with E-state index in [1.54, 1.807) is 0 Å². The number of epoxide rings is 1. The third-order valence-corrected chi connectivity index (χ3v) is 3.12. The van der Waals surface area contributed by atoms with Gasteiger partial charge in [0.25, 0.3) is 0 Å². The van der Waals surface area contributed by atoms with E-state index in [9.17, 15) is 0 Å². The molecule has 2 aliphatic rings. The lowest BCUT2D eigenvalue weighted by atomic mass is 9.71. The Balaban J connectivity index is 2.07. The highest BCUT2D eigenvalue weighted by Crippen LogP contribution is 2.53. The van der Waals surface area contributed by atoms with Crippen molar-refractivity contribution in [1.29, 1.82) is 5.26 Å². The fraction of sp³-hybridized carbons (Fsp3) is 0.900. The summed E-state index contributed by atoms with van der Waals surface area (Å²) in [5.41, 5.74) is 0.348. The van der Waals surface area contributed by atoms with Gasteiger partial charge in [0, 0.05) is 0 Å². The van der Waals surface area contributed by atoms with E-state index in [-0.39, 0.29) is 11.7 Å². The van der Waals surface area contributed by atoms with Gasteiger partial charge in [-0.15, -0.1) is 0 Å². The van der Waals surface area contributed by atoms with Gasteiger partial charge in [-0.3, -0.25) is 0 Å². The fourth-order valence-electron chi connectivity index (χ4n) is 2.52. The van der Waals surface area contributed by atoms with Gasteiger partial charge in [-0.25, -0.2) is 0 Å². The minimum atomic E-state index is -0.0999. The second kappa shape index (κ2) is 2.23. The lowest BCUT2D eigenvalue weighted by Crippen LogP contribution is -2.30. The smallest absolute Gasteiger partial charge is 0.173 e. The molecule has 66 valence electrons. The lowest BCUT2D eigenvalue weighted by molar-refractivity contribution is 0.134. The van der Waals surface area contributed by atoms with Gasteiger partial charge < -0.3 is 4.74 Å². The summed E-state index contributed by atoms with van der Waals surface area (Å²) in [6, 6.07) is 2.22. The SMILES string of the molecule is CC1(C)CCCC2(C1)OC2C#N. The first-order chi connectivity index (χ1) is 5.58. The normalized spacial score (nSPS) is 43.9. The van der Waals surface area contributed by atoms with Gasteiger partial charge in [0.1, 0.15) is 5.60 Å². The average Bonchev–Trinajstić information content (AvgIpc) is 2.60. The molecular formula is C10H15NO. The number of nitriles is 1. The number of nitrogens with zero attached hydrogens (tertiary/aromatic N) is 1. The van der Waals surface area contributed by atoms with E-state index in [0.717, 1.165) is 12.8 Å². The Morgan fingerprint density at radius 1 is 1.42 bits per heavy atom. The lowest BCUT2D eigenvalue weighted by Gasteiger charge is -2.33. The summed E-state index contributed by atoms with van der Waals surface area (Å²) in [7, 11) is 0. The topological polar surface area (TPSA) is 36.3 Å². The van der Waals surface area contributed by atoms with Crippen molar-refractivity contribution in [1.82, 2.24) is 0 Å². The summed E-state index contributed by atoms with van der Waals surface area (Å²) in [4.78, 5) is 0. The Kier molecular flexibility index (Phi) is 1.50. The molecule has 2 heteroatoms. The predicted molar refractivity (Wildman–Crippen MR) is 45.5 cm³/mol. The molecule has 0 aromatic rings. The molecule has 1 aliphatic heterocycles. The first-order valence-corrected chi connectivity index (χ1v) is 4.65. The molecule has 0 aromatic heterocycles. The van der Waals surface area contributed by atoms with Crippen LogP contribution in [0.25, 0.3) is 0 Å². The van der Waals surface area contributed by atoms with Crippen molar-refractivity contribution in [2.75, 3.05) is 0 Å². The summed E-state index contributed by atoms with van der Waals surface area (Å²) >= 11 is 0. The molecule has 0 radical (unpaired) electrons. The highest BCUT2D eigenvalue weighted by molar-refractivity contribution is 5.16. The monoisotopic (exact) mass is 165 g/mol. The molecule has 0 N–H and O–H groups in total. The zero-order valence-electron chi connectivity index (χ0n) is 7.76. The Bertz CT molecular complexity index is 241. The molecule has 2 unspecified atom stereocenters. The number of ether oxygens (including phenoxy) is 1. The molecule has 2 rings (SSSR count). The summed E-state index contributed by atoms with van der Waals surface area (Å²) < 4.78 is 5.47. The van der Waals surface area contributed by atoms with Crippen LogP contribution in [0.2, 0.25) is 0 Å². The third kappa shape index (κ3) is 1.13. The van der Waals surface area contributed by atoms with Crippen LogP contribution in [-0.2, 0) is 4.74 Å². The van der Waals surface area contributed by atoms with Crippen LogP contribution >= 0.6 is 0 Å². The van der Waals surface area contributed by atoms with E-state index >= 15 is 0 Å². The first kappa shape index (κ1) is 8.07. The Morgan fingerprint density at radius 3 is 2.67 bits per heavy atom. The molecule has 1 saturated heterocycles. The summed E-state index contributed by atoms with van der Waals surface area (Å²) in [5, 5.41) is 8.72. The van der Waals surface area contributed by atoms with Crippen LogP contribution in [0.3, 0.4) is 0 Å². The van der Waals surface area contributed by atoms with E-state index in [4.69, 9.17) is 10.00 Å². The van der Waals surface area contributed by atoms with E-state index in [1.807, 2.05) is 0 Å².